The summed E-state index contributed by atoms with van der Waals surface area (Å²) in [5.74, 6) is 0.232. The first-order valence-electron chi connectivity index (χ1n) is 10.1. The fourth-order valence-electron chi connectivity index (χ4n) is 2.70. The van der Waals surface area contributed by atoms with Crippen LogP contribution >= 0.6 is 24.0 Å². The van der Waals surface area contributed by atoms with Crippen LogP contribution in [0.25, 0.3) is 4.72 Å². The molecule has 0 saturated carbocycles. The Morgan fingerprint density at radius 2 is 1.24 bits per heavy atom. The van der Waals surface area contributed by atoms with Gasteiger partial charge in [-0.05, 0) is 19.8 Å². The van der Waals surface area contributed by atoms with Gasteiger partial charge in [0.2, 0.25) is 0 Å². The lowest BCUT2D eigenvalue weighted by Gasteiger charge is -2.29. The highest BCUT2D eigenvalue weighted by Crippen LogP contribution is 2.13. The number of nitrogens with zero attached hydrogens (tertiary/aromatic N) is 2. The van der Waals surface area contributed by atoms with Crippen molar-refractivity contribution in [2.75, 3.05) is 39.5 Å². The molecule has 4 nitrogen and oxygen atoms in total. The number of quaternary nitrogens is 1. The van der Waals surface area contributed by atoms with Crippen molar-refractivity contribution < 1.29 is 12.9 Å². The summed E-state index contributed by atoms with van der Waals surface area (Å²) in [5, 5.41) is 0. The summed E-state index contributed by atoms with van der Waals surface area (Å²) in [6.45, 7) is 6.88. The van der Waals surface area contributed by atoms with Crippen molar-refractivity contribution in [2.45, 2.75) is 84.5 Å². The van der Waals surface area contributed by atoms with Gasteiger partial charge in [0.1, 0.15) is 0 Å². The lowest BCUT2D eigenvalue weighted by atomic mass is 10.1. The molecule has 0 bridgehead atoms. The molecule has 0 unspecified atom stereocenters. The summed E-state index contributed by atoms with van der Waals surface area (Å²) in [6.07, 6.45) is 13.0. The van der Waals surface area contributed by atoms with Crippen LogP contribution in [0.1, 0.15) is 84.5 Å². The summed E-state index contributed by atoms with van der Waals surface area (Å²) in [7, 11) is 1.13. The highest BCUT2D eigenvalue weighted by Gasteiger charge is 2.09. The maximum atomic E-state index is 11.9. The van der Waals surface area contributed by atoms with E-state index in [-0.39, 0.29) is 29.7 Å². The maximum Gasteiger partial charge on any atom is 0.0765 e. The van der Waals surface area contributed by atoms with E-state index < -0.39 is 10.0 Å². The van der Waals surface area contributed by atoms with E-state index >= 15 is 0 Å². The first-order chi connectivity index (χ1) is 11.3. The van der Waals surface area contributed by atoms with Crippen LogP contribution in [-0.4, -0.2) is 52.4 Å². The van der Waals surface area contributed by atoms with E-state index in [4.69, 9.17) is 0 Å². The third-order valence-corrected chi connectivity index (χ3v) is 6.20. The quantitative estimate of drug-likeness (QED) is 0.149. The lowest BCUT2D eigenvalue weighted by Crippen LogP contribution is -2.40. The smallest absolute Gasteiger partial charge is 0.0765 e. The third kappa shape index (κ3) is 19.2. The molecule has 0 aliphatic carbocycles. The zero-order valence-electron chi connectivity index (χ0n) is 17.1. The minimum absolute atomic E-state index is 0. The second kappa shape index (κ2) is 16.8. The van der Waals surface area contributed by atoms with Crippen LogP contribution in [0.5, 0.6) is 0 Å². The zero-order chi connectivity index (χ0) is 18.3. The van der Waals surface area contributed by atoms with Crippen molar-refractivity contribution in [3.05, 3.63) is 4.72 Å². The van der Waals surface area contributed by atoms with E-state index in [1.54, 1.807) is 0 Å². The van der Waals surface area contributed by atoms with Gasteiger partial charge in [-0.3, -0.25) is 0 Å². The van der Waals surface area contributed by atoms with Gasteiger partial charge in [-0.1, -0.05) is 64.7 Å². The minimum Gasteiger partial charge on any atom is -0.549 e. The van der Waals surface area contributed by atoms with Crippen LogP contribution in [0.4, 0.5) is 0 Å². The molecule has 25 heavy (non-hydrogen) atoms. The highest BCUT2D eigenvalue weighted by atomic mass is 127. The van der Waals surface area contributed by atoms with Crippen molar-refractivity contribution in [2.24, 2.45) is 0 Å². The fraction of sp³-hybridized carbons (Fsp3) is 1.00. The molecular weight excluding hydrogens is 447 g/mol. The number of hydrogen-bond donors (Lipinski definition) is 0. The molecule has 0 aromatic carbocycles. The predicted octanol–water partition coefficient (Wildman–Crippen LogP) is 5.72. The number of hydrogen-bond acceptors (Lipinski definition) is 2. The van der Waals surface area contributed by atoms with E-state index in [0.29, 0.717) is 6.54 Å². The summed E-state index contributed by atoms with van der Waals surface area (Å²) in [4.78, 5) is 0. The Bertz CT molecular complexity index is 387. The Hall–Kier alpha value is 0.600. The topological polar surface area (TPSA) is 48.2 Å². The van der Waals surface area contributed by atoms with E-state index in [0.717, 1.165) is 43.3 Å². The number of halogens is 1. The Morgan fingerprint density at radius 3 is 1.72 bits per heavy atom. The van der Waals surface area contributed by atoms with Crippen molar-refractivity contribution in [1.82, 2.24) is 0 Å². The minimum atomic E-state index is -3.20. The van der Waals surface area contributed by atoms with Gasteiger partial charge in [-0.2, -0.15) is 0 Å². The molecule has 6 heteroatoms. The van der Waals surface area contributed by atoms with Gasteiger partial charge in [0.05, 0.1) is 37.2 Å². The van der Waals surface area contributed by atoms with Gasteiger partial charge >= 0.3 is 0 Å². The molecule has 0 rings (SSSR count). The Morgan fingerprint density at radius 1 is 0.760 bits per heavy atom. The lowest BCUT2D eigenvalue weighted by molar-refractivity contribution is -0.888. The normalized spacial score (nSPS) is 12.2. The first-order valence-corrected chi connectivity index (χ1v) is 11.7. The van der Waals surface area contributed by atoms with Gasteiger partial charge in [-0.15, -0.1) is 30.5 Å². The number of unbranched alkanes of at least 4 members (excludes halogenated alkanes) is 9. The highest BCUT2D eigenvalue weighted by molar-refractivity contribution is 14.0. The van der Waals surface area contributed by atoms with Crippen molar-refractivity contribution in [3.63, 3.8) is 0 Å². The van der Waals surface area contributed by atoms with E-state index in [2.05, 4.69) is 32.7 Å². The van der Waals surface area contributed by atoms with Gasteiger partial charge in [0.15, 0.2) is 0 Å². The Balaban J connectivity index is 0. The largest absolute Gasteiger partial charge is 0.549 e. The monoisotopic (exact) mass is 490 g/mol. The summed E-state index contributed by atoms with van der Waals surface area (Å²) < 4.78 is 28.6. The molecule has 0 amide bonds. The molecule has 0 aromatic rings. The second-order valence-electron chi connectivity index (χ2n) is 7.65. The SMILES string of the molecule is CCCCCCCCCCCCS(=O)(=O)[N-]CCC[N+](C)(C)CC.I. The molecule has 0 spiro atoms. The van der Waals surface area contributed by atoms with E-state index in [9.17, 15) is 8.42 Å². The third-order valence-electron chi connectivity index (χ3n) is 4.82. The van der Waals surface area contributed by atoms with Crippen LogP contribution in [0.2, 0.25) is 0 Å². The summed E-state index contributed by atoms with van der Waals surface area (Å²) in [6, 6.07) is 0. The number of sulfonamides is 1. The molecular formula is C19H43IN2O2S. The average molecular weight is 491 g/mol. The molecule has 0 fully saturated rings. The van der Waals surface area contributed by atoms with Crippen LogP contribution in [-0.2, 0) is 10.0 Å². The molecule has 0 atom stereocenters. The standard InChI is InChI=1S/C19H42N2O2S.HI/c1-5-7-8-9-10-11-12-13-14-15-19-24(22,23)20-17-16-18-21(3,4)6-2;/h5-19H2,1-4H3;1H. The first kappa shape index (κ1) is 27.8. The molecule has 0 aliphatic heterocycles. The molecule has 0 heterocycles. The van der Waals surface area contributed by atoms with E-state index in [1.807, 2.05) is 0 Å². The Labute approximate surface area is 175 Å². The van der Waals surface area contributed by atoms with Gasteiger partial charge in [-0.25, -0.2) is 8.42 Å². The van der Waals surface area contributed by atoms with Crippen molar-refractivity contribution in [1.29, 1.82) is 0 Å². The van der Waals surface area contributed by atoms with Gasteiger partial charge in [0.25, 0.3) is 0 Å². The van der Waals surface area contributed by atoms with Crippen LogP contribution in [0.15, 0.2) is 0 Å². The van der Waals surface area contributed by atoms with Crippen LogP contribution < -0.4 is 0 Å². The average Bonchev–Trinajstić information content (AvgIpc) is 2.53. The molecule has 0 radical (unpaired) electrons. The van der Waals surface area contributed by atoms with E-state index in [1.165, 1.54) is 44.9 Å². The molecule has 154 valence electrons. The summed E-state index contributed by atoms with van der Waals surface area (Å²) in [5.41, 5.74) is 0. The Kier molecular flexibility index (Phi) is 18.6. The van der Waals surface area contributed by atoms with Gasteiger partial charge < -0.3 is 9.21 Å². The van der Waals surface area contributed by atoms with Crippen LogP contribution in [0, 0.1) is 0 Å². The van der Waals surface area contributed by atoms with Gasteiger partial charge in [0, 0.05) is 5.75 Å². The van der Waals surface area contributed by atoms with Crippen molar-refractivity contribution >= 4 is 34.0 Å². The molecule has 0 aromatic heterocycles. The zero-order valence-corrected chi connectivity index (χ0v) is 20.3. The molecule has 0 saturated heterocycles. The summed E-state index contributed by atoms with van der Waals surface area (Å²) >= 11 is 0. The maximum absolute atomic E-state index is 11.9. The molecule has 0 aliphatic rings. The van der Waals surface area contributed by atoms with Crippen LogP contribution in [0.3, 0.4) is 0 Å². The number of rotatable bonds is 17. The second-order valence-corrected chi connectivity index (χ2v) is 9.48. The predicted molar refractivity (Wildman–Crippen MR) is 121 cm³/mol. The fourth-order valence-corrected chi connectivity index (χ4v) is 3.80. The molecule has 0 N–H and O–H groups in total. The van der Waals surface area contributed by atoms with Crippen molar-refractivity contribution in [3.8, 4) is 0 Å².